The smallest absolute Gasteiger partial charge is 0.234 e. The first-order valence-electron chi connectivity index (χ1n) is 10.6. The molecule has 174 valence electrons. The number of amides is 1. The minimum absolute atomic E-state index is 0.149. The van der Waals surface area contributed by atoms with E-state index in [1.807, 2.05) is 66.9 Å². The average Bonchev–Trinajstić information content (AvgIpc) is 3.25. The van der Waals surface area contributed by atoms with E-state index in [1.54, 1.807) is 18.2 Å². The molecule has 0 aliphatic heterocycles. The number of carbonyl (C=O) groups excluding carboxylic acids is 1. The second-order valence-electron chi connectivity index (χ2n) is 7.33. The normalized spacial score (nSPS) is 10.8. The van der Waals surface area contributed by atoms with E-state index in [4.69, 9.17) is 27.9 Å². The van der Waals surface area contributed by atoms with Crippen molar-refractivity contribution in [1.29, 1.82) is 0 Å². The Hall–Kier alpha value is -3.00. The number of benzene rings is 3. The third-order valence-electron chi connectivity index (χ3n) is 5.00. The molecule has 0 bridgehead atoms. The maximum absolute atomic E-state index is 12.7. The van der Waals surface area contributed by atoms with Crippen molar-refractivity contribution in [2.75, 3.05) is 17.7 Å². The molecule has 0 saturated carbocycles. The summed E-state index contributed by atoms with van der Waals surface area (Å²) in [7, 11) is 0. The highest BCUT2D eigenvalue weighted by molar-refractivity contribution is 7.99. The van der Waals surface area contributed by atoms with Crippen molar-refractivity contribution in [1.82, 2.24) is 14.8 Å². The lowest BCUT2D eigenvalue weighted by atomic mass is 10.2. The molecule has 0 spiro atoms. The van der Waals surface area contributed by atoms with Crippen LogP contribution in [-0.2, 0) is 4.79 Å². The van der Waals surface area contributed by atoms with Gasteiger partial charge in [-0.15, -0.1) is 10.2 Å². The minimum Gasteiger partial charge on any atom is -0.494 e. The van der Waals surface area contributed by atoms with Crippen molar-refractivity contribution in [3.8, 4) is 22.8 Å². The molecule has 0 saturated heterocycles. The number of carbonyl (C=O) groups is 1. The molecule has 34 heavy (non-hydrogen) atoms. The van der Waals surface area contributed by atoms with Crippen LogP contribution in [0.15, 0.2) is 71.9 Å². The van der Waals surface area contributed by atoms with Crippen LogP contribution in [0, 0.1) is 6.92 Å². The quantitative estimate of drug-likeness (QED) is 0.266. The summed E-state index contributed by atoms with van der Waals surface area (Å²) < 4.78 is 7.47. The Bertz CT molecular complexity index is 1310. The summed E-state index contributed by atoms with van der Waals surface area (Å²) in [5.74, 6) is 1.38. The average molecular weight is 513 g/mol. The van der Waals surface area contributed by atoms with Crippen molar-refractivity contribution >= 4 is 46.6 Å². The second kappa shape index (κ2) is 11.0. The molecule has 9 heteroatoms. The molecule has 6 nitrogen and oxygen atoms in total. The summed E-state index contributed by atoms with van der Waals surface area (Å²) in [5, 5.41) is 13.5. The van der Waals surface area contributed by atoms with E-state index in [0.29, 0.717) is 33.3 Å². The van der Waals surface area contributed by atoms with Gasteiger partial charge in [-0.3, -0.25) is 9.36 Å². The van der Waals surface area contributed by atoms with Gasteiger partial charge in [0.25, 0.3) is 0 Å². The molecule has 0 aliphatic carbocycles. The molecule has 4 aromatic rings. The van der Waals surface area contributed by atoms with Crippen LogP contribution in [0.1, 0.15) is 12.5 Å². The van der Waals surface area contributed by atoms with Crippen molar-refractivity contribution < 1.29 is 9.53 Å². The van der Waals surface area contributed by atoms with E-state index in [-0.39, 0.29) is 11.7 Å². The van der Waals surface area contributed by atoms with Gasteiger partial charge >= 0.3 is 0 Å². The Balaban J connectivity index is 1.61. The van der Waals surface area contributed by atoms with Gasteiger partial charge in [-0.1, -0.05) is 53.2 Å². The molecule has 4 rings (SSSR count). The molecule has 3 aromatic carbocycles. The van der Waals surface area contributed by atoms with E-state index < -0.39 is 0 Å². The van der Waals surface area contributed by atoms with Crippen LogP contribution < -0.4 is 10.1 Å². The molecular formula is C25H22Cl2N4O2S. The van der Waals surface area contributed by atoms with E-state index in [9.17, 15) is 4.79 Å². The van der Waals surface area contributed by atoms with Crippen LogP contribution in [0.3, 0.4) is 0 Å². The first-order valence-corrected chi connectivity index (χ1v) is 12.3. The fourth-order valence-corrected chi connectivity index (χ4v) is 4.44. The maximum atomic E-state index is 12.7. The number of ether oxygens (including phenoxy) is 1. The number of anilines is 1. The number of halogens is 2. The summed E-state index contributed by atoms with van der Waals surface area (Å²) in [5.41, 5.74) is 3.17. The van der Waals surface area contributed by atoms with Crippen molar-refractivity contribution in [2.45, 2.75) is 19.0 Å². The fourth-order valence-electron chi connectivity index (χ4n) is 3.33. The lowest BCUT2D eigenvalue weighted by molar-refractivity contribution is -0.113. The highest BCUT2D eigenvalue weighted by atomic mass is 35.5. The molecule has 1 amide bonds. The molecule has 0 unspecified atom stereocenters. The number of aromatic nitrogens is 3. The van der Waals surface area contributed by atoms with Gasteiger partial charge in [0.1, 0.15) is 5.75 Å². The summed E-state index contributed by atoms with van der Waals surface area (Å²) in [6, 6.07) is 20.5. The van der Waals surface area contributed by atoms with Crippen LogP contribution in [0.25, 0.3) is 17.1 Å². The van der Waals surface area contributed by atoms with Crippen molar-refractivity contribution in [3.05, 3.63) is 82.3 Å². The zero-order valence-electron chi connectivity index (χ0n) is 18.6. The molecule has 0 atom stereocenters. The topological polar surface area (TPSA) is 69.0 Å². The first kappa shape index (κ1) is 24.1. The van der Waals surface area contributed by atoms with Crippen molar-refractivity contribution in [2.24, 2.45) is 0 Å². The monoisotopic (exact) mass is 512 g/mol. The third-order valence-corrected chi connectivity index (χ3v) is 6.57. The zero-order valence-corrected chi connectivity index (χ0v) is 20.9. The van der Waals surface area contributed by atoms with E-state index >= 15 is 0 Å². The number of hydrogen-bond donors (Lipinski definition) is 1. The molecule has 0 fully saturated rings. The first-order chi connectivity index (χ1) is 16.5. The molecule has 0 radical (unpaired) electrons. The fraction of sp³-hybridized carbons (Fsp3) is 0.160. The number of hydrogen-bond acceptors (Lipinski definition) is 5. The van der Waals surface area contributed by atoms with Crippen LogP contribution in [0.2, 0.25) is 10.0 Å². The molecule has 1 N–H and O–H groups in total. The molecular weight excluding hydrogens is 491 g/mol. The van der Waals surface area contributed by atoms with Crippen LogP contribution in [-0.4, -0.2) is 33.0 Å². The van der Waals surface area contributed by atoms with E-state index in [1.165, 1.54) is 11.8 Å². The van der Waals surface area contributed by atoms with E-state index in [0.717, 1.165) is 22.6 Å². The highest BCUT2D eigenvalue weighted by Gasteiger charge is 2.18. The van der Waals surface area contributed by atoms with Gasteiger partial charge in [-0.25, -0.2) is 0 Å². The van der Waals surface area contributed by atoms with Crippen LogP contribution in [0.4, 0.5) is 5.69 Å². The molecule has 1 aromatic heterocycles. The number of nitrogens with zero attached hydrogens (tertiary/aromatic N) is 3. The van der Waals surface area contributed by atoms with Gasteiger partial charge in [0.2, 0.25) is 5.91 Å². The highest BCUT2D eigenvalue weighted by Crippen LogP contribution is 2.30. The molecule has 1 heterocycles. The Morgan fingerprint density at radius 2 is 1.82 bits per heavy atom. The van der Waals surface area contributed by atoms with Gasteiger partial charge in [0.05, 0.1) is 12.4 Å². The SMILES string of the molecule is CCOc1ccc(-n2c(SCC(=O)Nc3cccc(Cl)c3C)nnc2-c2cccc(Cl)c2)cc1. The van der Waals surface area contributed by atoms with Gasteiger partial charge < -0.3 is 10.1 Å². The summed E-state index contributed by atoms with van der Waals surface area (Å²) in [6.45, 7) is 4.39. The minimum atomic E-state index is -0.166. The van der Waals surface area contributed by atoms with E-state index in [2.05, 4.69) is 15.5 Å². The number of thioether (sulfide) groups is 1. The second-order valence-corrected chi connectivity index (χ2v) is 9.11. The standard InChI is InChI=1S/C25H22Cl2N4O2S/c1-3-33-20-12-10-19(11-13-20)31-24(17-6-4-7-18(26)14-17)29-30-25(31)34-15-23(32)28-22-9-5-8-21(27)16(22)2/h4-14H,3,15H2,1-2H3,(H,28,32). The zero-order chi connectivity index (χ0) is 24.1. The Morgan fingerprint density at radius 3 is 2.56 bits per heavy atom. The van der Waals surface area contributed by atoms with Gasteiger partial charge in [-0.05, 0) is 67.9 Å². The predicted molar refractivity (Wildman–Crippen MR) is 139 cm³/mol. The van der Waals surface area contributed by atoms with Crippen molar-refractivity contribution in [3.63, 3.8) is 0 Å². The Labute approximate surface area is 212 Å². The molecule has 0 aliphatic rings. The van der Waals surface area contributed by atoms with Gasteiger partial charge in [0, 0.05) is 27.0 Å². The van der Waals surface area contributed by atoms with Gasteiger partial charge in [-0.2, -0.15) is 0 Å². The third kappa shape index (κ3) is 5.55. The van der Waals surface area contributed by atoms with Crippen LogP contribution >= 0.6 is 35.0 Å². The number of nitrogens with one attached hydrogen (secondary N) is 1. The number of rotatable bonds is 8. The Morgan fingerprint density at radius 1 is 1.06 bits per heavy atom. The lowest BCUT2D eigenvalue weighted by Gasteiger charge is -2.12. The van der Waals surface area contributed by atoms with Gasteiger partial charge in [0.15, 0.2) is 11.0 Å². The summed E-state index contributed by atoms with van der Waals surface area (Å²) in [4.78, 5) is 12.7. The lowest BCUT2D eigenvalue weighted by Crippen LogP contribution is -2.15. The summed E-state index contributed by atoms with van der Waals surface area (Å²) in [6.07, 6.45) is 0. The van der Waals surface area contributed by atoms with Crippen LogP contribution in [0.5, 0.6) is 5.75 Å². The Kier molecular flexibility index (Phi) is 7.77. The summed E-state index contributed by atoms with van der Waals surface area (Å²) >= 11 is 13.7. The largest absolute Gasteiger partial charge is 0.494 e. The predicted octanol–water partition coefficient (Wildman–Crippen LogP) is 6.68. The maximum Gasteiger partial charge on any atom is 0.234 e.